The van der Waals surface area contributed by atoms with E-state index in [4.69, 9.17) is 5.11 Å². The molecule has 0 unspecified atom stereocenters. The minimum Gasteiger partial charge on any atom is -0.492 e. The number of aromatic nitrogens is 1. The first-order chi connectivity index (χ1) is 4.20. The van der Waals surface area contributed by atoms with Crippen LogP contribution in [0.4, 0.5) is 0 Å². The smallest absolute Gasteiger partial charge is 0.226 e. The van der Waals surface area contributed by atoms with Gasteiger partial charge in [0.2, 0.25) is 5.88 Å². The van der Waals surface area contributed by atoms with E-state index in [1.54, 1.807) is 6.07 Å². The summed E-state index contributed by atoms with van der Waals surface area (Å²) in [5.41, 5.74) is 0. The van der Waals surface area contributed by atoms with Crippen LogP contribution in [-0.2, 0) is 0 Å². The predicted octanol–water partition coefficient (Wildman–Crippen LogP) is 2.15. The molecule has 0 aliphatic carbocycles. The van der Waals surface area contributed by atoms with E-state index in [9.17, 15) is 0 Å². The van der Waals surface area contributed by atoms with Crippen molar-refractivity contribution in [3.8, 4) is 5.88 Å². The molecule has 1 heterocycles. The maximum atomic E-state index is 8.94. The van der Waals surface area contributed by atoms with Crippen molar-refractivity contribution in [2.45, 2.75) is 0 Å². The summed E-state index contributed by atoms with van der Waals surface area (Å²) in [6.45, 7) is 0. The van der Waals surface area contributed by atoms with E-state index < -0.39 is 0 Å². The summed E-state index contributed by atoms with van der Waals surface area (Å²) in [5, 5.41) is 8.94. The van der Waals surface area contributed by atoms with Crippen LogP contribution in [0.2, 0.25) is 0 Å². The molecule has 1 aromatic rings. The highest BCUT2D eigenvalue weighted by Crippen LogP contribution is 2.20. The van der Waals surface area contributed by atoms with Crippen molar-refractivity contribution in [2.75, 3.05) is 0 Å². The predicted molar refractivity (Wildman–Crippen MR) is 46.3 cm³/mol. The Hall–Kier alpha value is 0.160. The van der Waals surface area contributed by atoms with Crippen molar-refractivity contribution >= 4 is 38.5 Å². The van der Waals surface area contributed by atoms with Crippen molar-refractivity contribution in [2.24, 2.45) is 0 Å². The number of rotatable bonds is 0. The van der Waals surface area contributed by atoms with E-state index in [1.165, 1.54) is 0 Å². The Bertz CT molecular complexity index is 228. The van der Waals surface area contributed by atoms with Gasteiger partial charge in [-0.05, 0) is 50.7 Å². The topological polar surface area (TPSA) is 33.1 Å². The normalized spacial score (nSPS) is 9.56. The second-order valence-electron chi connectivity index (χ2n) is 1.44. The zero-order chi connectivity index (χ0) is 6.85. The molecule has 0 aromatic carbocycles. The van der Waals surface area contributed by atoms with Crippen LogP contribution in [0.1, 0.15) is 0 Å². The van der Waals surface area contributed by atoms with Gasteiger partial charge in [-0.3, -0.25) is 0 Å². The van der Waals surface area contributed by atoms with Crippen LogP contribution in [0.3, 0.4) is 0 Å². The van der Waals surface area contributed by atoms with Crippen molar-refractivity contribution < 1.29 is 5.11 Å². The van der Waals surface area contributed by atoms with Gasteiger partial charge in [0.25, 0.3) is 0 Å². The number of pyridine rings is 1. The highest BCUT2D eigenvalue weighted by Gasteiger charge is 1.96. The molecule has 0 radical (unpaired) electrons. The molecule has 1 rings (SSSR count). The summed E-state index contributed by atoms with van der Waals surface area (Å²) in [7, 11) is 0. The Balaban J connectivity index is 3.17. The summed E-state index contributed by atoms with van der Waals surface area (Å²) >= 11 is 5.14. The Labute approximate surface area is 74.6 Å². The molecule has 0 saturated heterocycles. The molecule has 0 aliphatic rings. The van der Waals surface area contributed by atoms with Crippen LogP contribution in [0.25, 0.3) is 0 Å². The zero-order valence-electron chi connectivity index (χ0n) is 4.31. The zero-order valence-corrected chi connectivity index (χ0v) is 8.05. The first-order valence-corrected chi connectivity index (χ1v) is 4.08. The van der Waals surface area contributed by atoms with Crippen molar-refractivity contribution in [3.63, 3.8) is 0 Å². The molecule has 1 N–H and O–H groups in total. The van der Waals surface area contributed by atoms with Crippen LogP contribution < -0.4 is 0 Å². The lowest BCUT2D eigenvalue weighted by molar-refractivity contribution is 0.448. The molecular weight excluding hydrogens is 297 g/mol. The van der Waals surface area contributed by atoms with Gasteiger partial charge >= 0.3 is 0 Å². The minimum atomic E-state index is 0.0434. The molecule has 2 nitrogen and oxygen atoms in total. The number of nitrogens with zero attached hydrogens (tertiary/aromatic N) is 1. The van der Waals surface area contributed by atoms with Gasteiger partial charge in [-0.2, -0.15) is 0 Å². The van der Waals surface area contributed by atoms with Gasteiger partial charge in [-0.25, -0.2) is 4.98 Å². The Kier molecular flexibility index (Phi) is 2.29. The standard InChI is InChI=1S/C5H3BrINO/c6-3-1-2-4(7)8-5(3)9/h1-2H,(H,8,9). The maximum Gasteiger partial charge on any atom is 0.226 e. The van der Waals surface area contributed by atoms with Crippen molar-refractivity contribution in [1.29, 1.82) is 0 Å². The van der Waals surface area contributed by atoms with Crippen LogP contribution in [0, 0.1) is 3.70 Å². The third-order valence-electron chi connectivity index (χ3n) is 0.794. The molecule has 0 bridgehead atoms. The fourth-order valence-electron chi connectivity index (χ4n) is 0.408. The van der Waals surface area contributed by atoms with Gasteiger partial charge in [0.1, 0.15) is 3.70 Å². The molecule has 4 heteroatoms. The summed E-state index contributed by atoms with van der Waals surface area (Å²) in [4.78, 5) is 3.77. The first-order valence-electron chi connectivity index (χ1n) is 2.21. The highest BCUT2D eigenvalue weighted by atomic mass is 127. The molecule has 0 fully saturated rings. The van der Waals surface area contributed by atoms with Crippen LogP contribution in [0.5, 0.6) is 5.88 Å². The summed E-state index contributed by atoms with van der Waals surface area (Å²) < 4.78 is 1.41. The molecular formula is C5H3BrINO. The van der Waals surface area contributed by atoms with Crippen LogP contribution >= 0.6 is 38.5 Å². The van der Waals surface area contributed by atoms with Gasteiger partial charge in [0.15, 0.2) is 0 Å². The second-order valence-corrected chi connectivity index (χ2v) is 3.40. The van der Waals surface area contributed by atoms with Gasteiger partial charge in [0.05, 0.1) is 4.47 Å². The largest absolute Gasteiger partial charge is 0.492 e. The fourth-order valence-corrected chi connectivity index (χ4v) is 1.04. The molecule has 0 saturated carbocycles. The van der Waals surface area contributed by atoms with E-state index in [1.807, 2.05) is 28.7 Å². The second kappa shape index (κ2) is 2.83. The summed E-state index contributed by atoms with van der Waals surface area (Å²) in [6.07, 6.45) is 0. The van der Waals surface area contributed by atoms with Gasteiger partial charge < -0.3 is 5.11 Å². The highest BCUT2D eigenvalue weighted by molar-refractivity contribution is 14.1. The lowest BCUT2D eigenvalue weighted by Gasteiger charge is -1.93. The molecule has 0 spiro atoms. The van der Waals surface area contributed by atoms with E-state index in [0.29, 0.717) is 4.47 Å². The Morgan fingerprint density at radius 3 is 2.67 bits per heavy atom. The molecule has 48 valence electrons. The van der Waals surface area contributed by atoms with E-state index >= 15 is 0 Å². The number of halogens is 2. The third-order valence-corrected chi connectivity index (χ3v) is 2.01. The van der Waals surface area contributed by atoms with Gasteiger partial charge in [-0.1, -0.05) is 0 Å². The van der Waals surface area contributed by atoms with E-state index in [2.05, 4.69) is 20.9 Å². The number of hydrogen-bond donors (Lipinski definition) is 1. The van der Waals surface area contributed by atoms with Gasteiger partial charge in [-0.15, -0.1) is 0 Å². The lowest BCUT2D eigenvalue weighted by atomic mass is 10.5. The SMILES string of the molecule is Oc1nc(I)ccc1Br. The van der Waals surface area contributed by atoms with Gasteiger partial charge in [0, 0.05) is 0 Å². The average Bonchev–Trinajstić information content (AvgIpc) is 1.80. The summed E-state index contributed by atoms with van der Waals surface area (Å²) in [5.74, 6) is 0.0434. The van der Waals surface area contributed by atoms with E-state index in [-0.39, 0.29) is 5.88 Å². The number of hydrogen-bond acceptors (Lipinski definition) is 2. The lowest BCUT2D eigenvalue weighted by Crippen LogP contribution is -1.79. The quantitative estimate of drug-likeness (QED) is 0.588. The average molecular weight is 300 g/mol. The molecule has 0 amide bonds. The number of aromatic hydroxyl groups is 1. The Morgan fingerprint density at radius 1 is 1.56 bits per heavy atom. The maximum absolute atomic E-state index is 8.94. The first kappa shape index (κ1) is 7.27. The third kappa shape index (κ3) is 1.79. The van der Waals surface area contributed by atoms with Crippen molar-refractivity contribution in [3.05, 3.63) is 20.3 Å². The molecule has 9 heavy (non-hydrogen) atoms. The van der Waals surface area contributed by atoms with Crippen LogP contribution in [-0.4, -0.2) is 10.1 Å². The summed E-state index contributed by atoms with van der Waals surface area (Å²) in [6, 6.07) is 3.56. The van der Waals surface area contributed by atoms with Crippen LogP contribution in [0.15, 0.2) is 16.6 Å². The van der Waals surface area contributed by atoms with E-state index in [0.717, 1.165) is 3.70 Å². The fraction of sp³-hybridized carbons (Fsp3) is 0. The Morgan fingerprint density at radius 2 is 2.22 bits per heavy atom. The minimum absolute atomic E-state index is 0.0434. The molecule has 0 atom stereocenters. The van der Waals surface area contributed by atoms with Crippen molar-refractivity contribution in [1.82, 2.24) is 4.98 Å². The molecule has 0 aliphatic heterocycles. The molecule has 1 aromatic heterocycles. The monoisotopic (exact) mass is 299 g/mol.